The molecule has 2 aliphatic rings. The van der Waals surface area contributed by atoms with E-state index in [9.17, 15) is 28.0 Å². The minimum absolute atomic E-state index is 0.00175. The van der Waals surface area contributed by atoms with E-state index in [4.69, 9.17) is 43.0 Å². The molecule has 2 aliphatic heterocycles. The molecule has 1 fully saturated rings. The average molecular weight is 501 g/mol. The van der Waals surface area contributed by atoms with Crippen molar-refractivity contribution in [2.75, 3.05) is 0 Å². The van der Waals surface area contributed by atoms with Crippen LogP contribution in [0.5, 0.6) is 0 Å². The number of hydrogen-bond donors (Lipinski definition) is 2. The van der Waals surface area contributed by atoms with Crippen molar-refractivity contribution in [2.24, 2.45) is 0 Å². The first-order valence-corrected chi connectivity index (χ1v) is 11.0. The third-order valence-electron chi connectivity index (χ3n) is 6.14. The van der Waals surface area contributed by atoms with Crippen LogP contribution >= 0.6 is 11.6 Å². The number of amides is 4. The first-order chi connectivity index (χ1) is 16.7. The number of imide groups is 1. The van der Waals surface area contributed by atoms with Gasteiger partial charge in [-0.3, -0.25) is 24.5 Å². The highest BCUT2D eigenvalue weighted by atomic mass is 35.5. The Labute approximate surface area is 215 Å². The maximum Gasteiger partial charge on any atom is 0.349 e. The number of carbonyl (C=O) groups excluding carboxylic acids is 4. The summed E-state index contributed by atoms with van der Waals surface area (Å²) in [6, 6.07) is 5.71. The number of rotatable bonds is 5. The Balaban J connectivity index is 1.62. The topological polar surface area (TPSA) is 95.6 Å². The van der Waals surface area contributed by atoms with Gasteiger partial charge in [-0.1, -0.05) is 41.3 Å². The number of nitrogens with zero attached hydrogens (tertiary/aromatic N) is 1. The van der Waals surface area contributed by atoms with Crippen LogP contribution in [-0.2, 0) is 25.6 Å². The molecule has 4 amide bonds. The minimum Gasteiger partial charge on any atom is -0.352 e. The van der Waals surface area contributed by atoms with E-state index in [0.29, 0.717) is 0 Å². The molecule has 36 heavy (non-hydrogen) atoms. The molecule has 0 bridgehead atoms. The summed E-state index contributed by atoms with van der Waals surface area (Å²) in [5.74, 6) is -9.13. The van der Waals surface area contributed by atoms with Gasteiger partial charge in [0, 0.05) is 28.5 Å². The molecule has 14 heteroatoms. The number of piperidine rings is 1. The Kier molecular flexibility index (Phi) is 6.58. The predicted octanol–water partition coefficient (Wildman–Crippen LogP) is -0.0826. The van der Waals surface area contributed by atoms with Crippen LogP contribution in [0.2, 0.25) is 5.02 Å². The lowest BCUT2D eigenvalue weighted by Crippen LogP contribution is -2.59. The normalized spacial score (nSPS) is 20.0. The lowest BCUT2D eigenvalue weighted by atomic mass is 9.57. The van der Waals surface area contributed by atoms with Crippen molar-refractivity contribution in [3.63, 3.8) is 0 Å². The second kappa shape index (κ2) is 9.10. The summed E-state index contributed by atoms with van der Waals surface area (Å²) in [7, 11) is 24.5. The van der Waals surface area contributed by atoms with Gasteiger partial charge >= 0.3 is 5.92 Å². The number of nitrogens with one attached hydrogen (secondary N) is 2. The predicted molar refractivity (Wildman–Crippen MR) is 129 cm³/mol. The van der Waals surface area contributed by atoms with Gasteiger partial charge in [0.25, 0.3) is 11.8 Å². The average Bonchev–Trinajstić information content (AvgIpc) is 2.98. The quantitative estimate of drug-likeness (QED) is 0.443. The van der Waals surface area contributed by atoms with E-state index >= 15 is 0 Å². The Morgan fingerprint density at radius 2 is 1.83 bits per heavy atom. The van der Waals surface area contributed by atoms with Crippen LogP contribution < -0.4 is 16.1 Å². The highest BCUT2D eigenvalue weighted by Crippen LogP contribution is 2.38. The number of carbonyl (C=O) groups is 4. The first kappa shape index (κ1) is 26.0. The highest BCUT2D eigenvalue weighted by Gasteiger charge is 2.49. The molecule has 0 saturated carbocycles. The second-order valence-corrected chi connectivity index (χ2v) is 8.96. The molecule has 7 nitrogen and oxygen atoms in total. The van der Waals surface area contributed by atoms with E-state index in [1.807, 2.05) is 5.32 Å². The minimum atomic E-state index is -3.95. The zero-order valence-electron chi connectivity index (χ0n) is 18.6. The monoisotopic (exact) mass is 501 g/mol. The van der Waals surface area contributed by atoms with Crippen molar-refractivity contribution < 1.29 is 28.0 Å². The van der Waals surface area contributed by atoms with Crippen molar-refractivity contribution in [2.45, 2.75) is 36.1 Å². The molecular formula is C22H14B4ClF2N3O4. The van der Waals surface area contributed by atoms with Crippen molar-refractivity contribution in [3.8, 4) is 0 Å². The summed E-state index contributed by atoms with van der Waals surface area (Å²) < 4.78 is 29.4. The Bertz CT molecular complexity index is 1290. The van der Waals surface area contributed by atoms with Gasteiger partial charge in [-0.2, -0.15) is 8.78 Å². The van der Waals surface area contributed by atoms with E-state index in [1.54, 1.807) is 0 Å². The summed E-state index contributed by atoms with van der Waals surface area (Å²) in [5.41, 5.74) is -0.767. The molecule has 0 spiro atoms. The summed E-state index contributed by atoms with van der Waals surface area (Å²) in [4.78, 5) is 50.3. The Hall–Kier alpha value is -3.07. The summed E-state index contributed by atoms with van der Waals surface area (Å²) in [5, 5.41) is 2.33. The summed E-state index contributed by atoms with van der Waals surface area (Å²) in [6.07, 6.45) is -0.0308. The maximum atomic E-state index is 14.7. The fourth-order valence-electron chi connectivity index (χ4n) is 4.27. The van der Waals surface area contributed by atoms with E-state index in [0.717, 1.165) is 17.0 Å². The molecule has 2 heterocycles. The van der Waals surface area contributed by atoms with Crippen LogP contribution in [0.3, 0.4) is 0 Å². The van der Waals surface area contributed by atoms with Crippen LogP contribution in [0.1, 0.15) is 45.8 Å². The largest absolute Gasteiger partial charge is 0.352 e. The van der Waals surface area contributed by atoms with E-state index in [2.05, 4.69) is 5.32 Å². The van der Waals surface area contributed by atoms with Crippen molar-refractivity contribution in [1.29, 1.82) is 0 Å². The number of alkyl halides is 2. The molecule has 1 saturated heterocycles. The van der Waals surface area contributed by atoms with Crippen molar-refractivity contribution in [3.05, 3.63) is 63.7 Å². The van der Waals surface area contributed by atoms with Gasteiger partial charge in [0.15, 0.2) is 0 Å². The van der Waals surface area contributed by atoms with Gasteiger partial charge < -0.3 is 10.2 Å². The number of halogens is 3. The smallest absolute Gasteiger partial charge is 0.349 e. The van der Waals surface area contributed by atoms with Crippen LogP contribution in [0, 0.1) is 0 Å². The summed E-state index contributed by atoms with van der Waals surface area (Å²) >= 11 is 5.71. The molecule has 2 unspecified atom stereocenters. The Morgan fingerprint density at radius 3 is 2.44 bits per heavy atom. The van der Waals surface area contributed by atoms with E-state index in [-0.39, 0.29) is 40.0 Å². The van der Waals surface area contributed by atoms with Gasteiger partial charge in [0.1, 0.15) is 21.7 Å². The van der Waals surface area contributed by atoms with Gasteiger partial charge in [0.05, 0.1) is 15.7 Å². The zero-order chi connectivity index (χ0) is 26.6. The maximum absolute atomic E-state index is 14.7. The third-order valence-corrected chi connectivity index (χ3v) is 6.39. The van der Waals surface area contributed by atoms with Crippen LogP contribution in [0.15, 0.2) is 36.4 Å². The lowest BCUT2D eigenvalue weighted by Gasteiger charge is -2.40. The molecule has 2 aromatic rings. The van der Waals surface area contributed by atoms with Gasteiger partial charge in [-0.05, 0) is 35.0 Å². The number of fused-ring (bicyclic) bond motifs is 1. The molecule has 2 aromatic carbocycles. The van der Waals surface area contributed by atoms with Crippen molar-refractivity contribution in [1.82, 2.24) is 15.5 Å². The van der Waals surface area contributed by atoms with Crippen LogP contribution in [-0.4, -0.2) is 66.0 Å². The summed E-state index contributed by atoms with van der Waals surface area (Å²) in [6.45, 7) is 0. The second-order valence-electron chi connectivity index (χ2n) is 8.53. The zero-order valence-corrected chi connectivity index (χ0v) is 19.3. The first-order valence-electron chi connectivity index (χ1n) is 10.6. The molecular weight excluding hydrogens is 487 g/mol. The van der Waals surface area contributed by atoms with E-state index in [1.165, 1.54) is 24.3 Å². The molecule has 2 atom stereocenters. The molecule has 174 valence electrons. The van der Waals surface area contributed by atoms with Crippen LogP contribution in [0.4, 0.5) is 8.78 Å². The van der Waals surface area contributed by atoms with Gasteiger partial charge in [-0.25, -0.2) is 0 Å². The molecule has 4 rings (SSSR count). The number of benzene rings is 2. The SMILES string of the molecule is [B]c1cc2c(cc1C([B])NC(=O)C(F)(F)c1ccc(Cl)cc1)C([B])([B])N(C1CCC(=O)NC1=O)C2=O. The van der Waals surface area contributed by atoms with Crippen molar-refractivity contribution >= 4 is 72.1 Å². The molecule has 8 radical (unpaired) electrons. The van der Waals surface area contributed by atoms with Crippen LogP contribution in [0.25, 0.3) is 0 Å². The third kappa shape index (κ3) is 4.34. The molecule has 0 aromatic heterocycles. The van der Waals surface area contributed by atoms with Gasteiger partial charge in [0.2, 0.25) is 11.8 Å². The fraction of sp³-hybridized carbons (Fsp3) is 0.273. The fourth-order valence-corrected chi connectivity index (χ4v) is 4.39. The number of hydrogen-bond acceptors (Lipinski definition) is 4. The highest BCUT2D eigenvalue weighted by molar-refractivity contribution is 6.43. The Morgan fingerprint density at radius 1 is 1.19 bits per heavy atom. The lowest BCUT2D eigenvalue weighted by molar-refractivity contribution is -0.147. The van der Waals surface area contributed by atoms with E-state index < -0.39 is 52.4 Å². The van der Waals surface area contributed by atoms with Gasteiger partial charge in [-0.15, -0.1) is 0 Å². The molecule has 2 N–H and O–H groups in total. The molecule has 0 aliphatic carbocycles. The standard InChI is InChI=1S/C22H14B4ClF2N3O4/c23-14-8-11-13(22(25,26)32(19(11)35)15-5-6-16(33)30-18(15)34)7-12(14)17(24)31-20(36)21(28,29)9-1-3-10(27)4-2-9/h1-4,7-8,15,17H,5-6H2,(H,31,36)(H,30,33,34).